The van der Waals surface area contributed by atoms with Crippen LogP contribution in [0, 0.1) is 0 Å². The van der Waals surface area contributed by atoms with E-state index in [0.29, 0.717) is 10.6 Å². The van der Waals surface area contributed by atoms with Crippen molar-refractivity contribution in [3.8, 4) is 0 Å². The molecular formula is C14H17BrClNO2. The van der Waals surface area contributed by atoms with Crippen LogP contribution in [0.15, 0.2) is 22.7 Å². The molecule has 1 unspecified atom stereocenters. The van der Waals surface area contributed by atoms with Crippen LogP contribution in [0.5, 0.6) is 0 Å². The zero-order chi connectivity index (χ0) is 13.8. The minimum Gasteiger partial charge on any atom is -0.480 e. The van der Waals surface area contributed by atoms with Crippen molar-refractivity contribution in [2.24, 2.45) is 0 Å². The van der Waals surface area contributed by atoms with E-state index in [-0.39, 0.29) is 6.04 Å². The quantitative estimate of drug-likeness (QED) is 0.861. The lowest BCUT2D eigenvalue weighted by Crippen LogP contribution is -2.38. The third-order valence-electron chi connectivity index (χ3n) is 3.52. The highest BCUT2D eigenvalue weighted by atomic mass is 79.9. The fourth-order valence-corrected chi connectivity index (χ4v) is 3.19. The normalized spacial score (nSPS) is 18.2. The molecule has 0 spiro atoms. The summed E-state index contributed by atoms with van der Waals surface area (Å²) in [6.45, 7) is 0. The molecule has 104 valence electrons. The van der Waals surface area contributed by atoms with Crippen LogP contribution in [0.1, 0.15) is 43.7 Å². The standard InChI is InChI=1S/C14H17BrClNO2/c15-12-7-6-9(16)8-11(12)13(14(18)19)17-10-4-2-1-3-5-10/h6-8,10,13,17H,1-5H2,(H,18,19). The summed E-state index contributed by atoms with van der Waals surface area (Å²) in [7, 11) is 0. The second-order valence-electron chi connectivity index (χ2n) is 4.94. The average Bonchev–Trinajstić information content (AvgIpc) is 2.40. The molecule has 1 aliphatic rings. The van der Waals surface area contributed by atoms with Crippen LogP contribution in [-0.4, -0.2) is 17.1 Å². The maximum absolute atomic E-state index is 11.5. The zero-order valence-electron chi connectivity index (χ0n) is 10.5. The summed E-state index contributed by atoms with van der Waals surface area (Å²) in [5.41, 5.74) is 0.686. The van der Waals surface area contributed by atoms with Gasteiger partial charge in [0.05, 0.1) is 0 Å². The van der Waals surface area contributed by atoms with Crippen LogP contribution in [0.2, 0.25) is 5.02 Å². The number of aliphatic carboxylic acids is 1. The number of rotatable bonds is 4. The van der Waals surface area contributed by atoms with Gasteiger partial charge < -0.3 is 5.11 Å². The third-order valence-corrected chi connectivity index (χ3v) is 4.48. The van der Waals surface area contributed by atoms with E-state index in [1.807, 2.05) is 0 Å². The van der Waals surface area contributed by atoms with Gasteiger partial charge in [0.1, 0.15) is 6.04 Å². The number of benzene rings is 1. The lowest BCUT2D eigenvalue weighted by Gasteiger charge is -2.27. The molecule has 0 aliphatic heterocycles. The number of hydrogen-bond acceptors (Lipinski definition) is 2. The van der Waals surface area contributed by atoms with E-state index in [1.54, 1.807) is 18.2 Å². The molecule has 1 saturated carbocycles. The van der Waals surface area contributed by atoms with E-state index in [0.717, 1.165) is 17.3 Å². The summed E-state index contributed by atoms with van der Waals surface area (Å²) >= 11 is 9.37. The first-order chi connectivity index (χ1) is 9.08. The highest BCUT2D eigenvalue weighted by Gasteiger charge is 2.26. The molecular weight excluding hydrogens is 330 g/mol. The summed E-state index contributed by atoms with van der Waals surface area (Å²) in [4.78, 5) is 11.5. The van der Waals surface area contributed by atoms with E-state index in [1.165, 1.54) is 19.3 Å². The molecule has 0 aromatic heterocycles. The predicted molar refractivity (Wildman–Crippen MR) is 79.5 cm³/mol. The molecule has 1 fully saturated rings. The minimum absolute atomic E-state index is 0.278. The van der Waals surface area contributed by atoms with Crippen molar-refractivity contribution in [2.75, 3.05) is 0 Å². The molecule has 19 heavy (non-hydrogen) atoms. The molecule has 5 heteroatoms. The lowest BCUT2D eigenvalue weighted by molar-refractivity contribution is -0.140. The van der Waals surface area contributed by atoms with Crippen LogP contribution in [0.4, 0.5) is 0 Å². The summed E-state index contributed by atoms with van der Waals surface area (Å²) in [6, 6.07) is 4.81. The molecule has 0 saturated heterocycles. The van der Waals surface area contributed by atoms with Crippen molar-refractivity contribution in [1.82, 2.24) is 5.32 Å². The molecule has 1 aliphatic carbocycles. The summed E-state index contributed by atoms with van der Waals surface area (Å²) in [5, 5.41) is 13.2. The smallest absolute Gasteiger partial charge is 0.325 e. The van der Waals surface area contributed by atoms with Gasteiger partial charge in [0.25, 0.3) is 0 Å². The Hall–Kier alpha value is -0.580. The summed E-state index contributed by atoms with van der Waals surface area (Å²) in [6.07, 6.45) is 5.67. The van der Waals surface area contributed by atoms with Crippen LogP contribution >= 0.6 is 27.5 Å². The van der Waals surface area contributed by atoms with Crippen LogP contribution in [0.25, 0.3) is 0 Å². The largest absolute Gasteiger partial charge is 0.480 e. The third kappa shape index (κ3) is 3.94. The molecule has 1 aromatic rings. The van der Waals surface area contributed by atoms with Crippen molar-refractivity contribution in [3.63, 3.8) is 0 Å². The summed E-state index contributed by atoms with van der Waals surface area (Å²) in [5.74, 6) is -0.867. The van der Waals surface area contributed by atoms with Crippen molar-refractivity contribution in [2.45, 2.75) is 44.2 Å². The highest BCUT2D eigenvalue weighted by Crippen LogP contribution is 2.29. The van der Waals surface area contributed by atoms with Crippen LogP contribution in [-0.2, 0) is 4.79 Å². The van der Waals surface area contributed by atoms with Gasteiger partial charge in [-0.2, -0.15) is 0 Å². The lowest BCUT2D eigenvalue weighted by atomic mass is 9.94. The predicted octanol–water partition coefficient (Wildman–Crippen LogP) is 4.15. The van der Waals surface area contributed by atoms with E-state index in [2.05, 4.69) is 21.2 Å². The van der Waals surface area contributed by atoms with E-state index < -0.39 is 12.0 Å². The Bertz CT molecular complexity index is 461. The Morgan fingerprint density at radius 2 is 2.05 bits per heavy atom. The van der Waals surface area contributed by atoms with Crippen molar-refractivity contribution in [1.29, 1.82) is 0 Å². The molecule has 2 rings (SSSR count). The zero-order valence-corrected chi connectivity index (χ0v) is 12.9. The molecule has 1 atom stereocenters. The van der Waals surface area contributed by atoms with Crippen molar-refractivity contribution < 1.29 is 9.90 Å². The van der Waals surface area contributed by atoms with Gasteiger partial charge in [0.2, 0.25) is 0 Å². The van der Waals surface area contributed by atoms with Crippen LogP contribution in [0.3, 0.4) is 0 Å². The molecule has 0 radical (unpaired) electrons. The fourth-order valence-electron chi connectivity index (χ4n) is 2.53. The van der Waals surface area contributed by atoms with Gasteiger partial charge in [0.15, 0.2) is 0 Å². The Morgan fingerprint density at radius 3 is 2.68 bits per heavy atom. The number of carbonyl (C=O) groups is 1. The molecule has 3 nitrogen and oxygen atoms in total. The molecule has 0 heterocycles. The minimum atomic E-state index is -0.867. The van der Waals surface area contributed by atoms with Gasteiger partial charge in [-0.25, -0.2) is 0 Å². The topological polar surface area (TPSA) is 49.3 Å². The van der Waals surface area contributed by atoms with E-state index in [4.69, 9.17) is 11.6 Å². The SMILES string of the molecule is O=C(O)C(NC1CCCCC1)c1cc(Cl)ccc1Br. The fraction of sp³-hybridized carbons (Fsp3) is 0.500. The first kappa shape index (κ1) is 14.8. The van der Waals surface area contributed by atoms with Gasteiger partial charge in [-0.15, -0.1) is 0 Å². The maximum Gasteiger partial charge on any atom is 0.325 e. The summed E-state index contributed by atoms with van der Waals surface area (Å²) < 4.78 is 0.771. The molecule has 1 aromatic carbocycles. The molecule has 2 N–H and O–H groups in total. The highest BCUT2D eigenvalue weighted by molar-refractivity contribution is 9.10. The van der Waals surface area contributed by atoms with Gasteiger partial charge in [-0.05, 0) is 36.6 Å². The van der Waals surface area contributed by atoms with Crippen LogP contribution < -0.4 is 5.32 Å². The Balaban J connectivity index is 2.19. The second-order valence-corrected chi connectivity index (χ2v) is 6.23. The number of carboxylic acid groups (broad SMARTS) is 1. The number of nitrogens with one attached hydrogen (secondary N) is 1. The average molecular weight is 347 g/mol. The number of carboxylic acids is 1. The van der Waals surface area contributed by atoms with E-state index in [9.17, 15) is 9.90 Å². The number of halogens is 2. The maximum atomic E-state index is 11.5. The first-order valence-corrected chi connectivity index (χ1v) is 7.69. The Kier molecular flexibility index (Phi) is 5.25. The van der Waals surface area contributed by atoms with Gasteiger partial charge >= 0.3 is 5.97 Å². The van der Waals surface area contributed by atoms with Gasteiger partial charge in [-0.1, -0.05) is 46.8 Å². The Morgan fingerprint density at radius 1 is 1.37 bits per heavy atom. The first-order valence-electron chi connectivity index (χ1n) is 6.51. The van der Waals surface area contributed by atoms with E-state index >= 15 is 0 Å². The van der Waals surface area contributed by atoms with Crippen molar-refractivity contribution >= 4 is 33.5 Å². The molecule has 0 bridgehead atoms. The number of hydrogen-bond donors (Lipinski definition) is 2. The van der Waals surface area contributed by atoms with Gasteiger partial charge in [0, 0.05) is 15.5 Å². The monoisotopic (exact) mass is 345 g/mol. The molecule has 0 amide bonds. The van der Waals surface area contributed by atoms with Gasteiger partial charge in [-0.3, -0.25) is 10.1 Å². The second kappa shape index (κ2) is 6.73. The van der Waals surface area contributed by atoms with Crippen molar-refractivity contribution in [3.05, 3.63) is 33.3 Å². The Labute approximate surface area is 126 Å².